The summed E-state index contributed by atoms with van der Waals surface area (Å²) < 4.78 is 62.1. The van der Waals surface area contributed by atoms with Crippen LogP contribution in [-0.4, -0.2) is 33.2 Å². The molecular formula is C13H18F3N3O3S. The lowest BCUT2D eigenvalue weighted by Gasteiger charge is -2.19. The predicted octanol–water partition coefficient (Wildman–Crippen LogP) is 1.30. The number of carbonyl (C=O) groups is 1. The highest BCUT2D eigenvalue weighted by Gasteiger charge is 2.30. The van der Waals surface area contributed by atoms with Crippen molar-refractivity contribution >= 4 is 21.6 Å². The van der Waals surface area contributed by atoms with Gasteiger partial charge in [-0.15, -0.1) is 0 Å². The van der Waals surface area contributed by atoms with Crippen molar-refractivity contribution in [2.75, 3.05) is 18.1 Å². The van der Waals surface area contributed by atoms with Crippen molar-refractivity contribution in [3.63, 3.8) is 0 Å². The van der Waals surface area contributed by atoms with Crippen LogP contribution in [0.2, 0.25) is 0 Å². The number of alkyl halides is 3. The summed E-state index contributed by atoms with van der Waals surface area (Å²) in [7, 11) is -3.77. The van der Waals surface area contributed by atoms with E-state index in [-0.39, 0.29) is 18.7 Å². The van der Waals surface area contributed by atoms with E-state index in [0.717, 1.165) is 18.4 Å². The van der Waals surface area contributed by atoms with Crippen molar-refractivity contribution in [3.8, 4) is 0 Å². The summed E-state index contributed by atoms with van der Waals surface area (Å²) in [5.41, 5.74) is 4.54. The van der Waals surface area contributed by atoms with Gasteiger partial charge in [0.05, 0.1) is 11.8 Å². The number of anilines is 1. The number of halogens is 3. The molecule has 6 nitrogen and oxygen atoms in total. The SMILES string of the molecule is CS(=O)(=O)NC(=O)[C@H](CCCN)Nc1cccc(C(F)(F)F)c1. The van der Waals surface area contributed by atoms with E-state index >= 15 is 0 Å². The van der Waals surface area contributed by atoms with Crippen molar-refractivity contribution in [1.29, 1.82) is 0 Å². The van der Waals surface area contributed by atoms with Crippen molar-refractivity contribution in [3.05, 3.63) is 29.8 Å². The molecule has 0 radical (unpaired) electrons. The zero-order valence-electron chi connectivity index (χ0n) is 12.4. The van der Waals surface area contributed by atoms with Crippen LogP contribution >= 0.6 is 0 Å². The molecule has 0 aromatic heterocycles. The number of benzene rings is 1. The highest BCUT2D eigenvalue weighted by Crippen LogP contribution is 2.30. The monoisotopic (exact) mass is 353 g/mol. The minimum atomic E-state index is -4.51. The van der Waals surface area contributed by atoms with Gasteiger partial charge in [-0.05, 0) is 37.6 Å². The Labute approximate surface area is 132 Å². The second kappa shape index (κ2) is 7.64. The Bertz CT molecular complexity index is 647. The van der Waals surface area contributed by atoms with E-state index < -0.39 is 33.7 Å². The van der Waals surface area contributed by atoms with Crippen LogP contribution in [0.4, 0.5) is 18.9 Å². The van der Waals surface area contributed by atoms with Crippen LogP contribution in [0.3, 0.4) is 0 Å². The first kappa shape index (κ1) is 19.2. The molecule has 1 amide bonds. The molecule has 0 unspecified atom stereocenters. The molecular weight excluding hydrogens is 335 g/mol. The van der Waals surface area contributed by atoms with Crippen molar-refractivity contribution in [2.45, 2.75) is 25.1 Å². The lowest BCUT2D eigenvalue weighted by atomic mass is 10.1. The molecule has 23 heavy (non-hydrogen) atoms. The molecule has 0 spiro atoms. The molecule has 0 aliphatic heterocycles. The van der Waals surface area contributed by atoms with Crippen molar-refractivity contribution < 1.29 is 26.4 Å². The van der Waals surface area contributed by atoms with Crippen LogP contribution in [0.25, 0.3) is 0 Å². The molecule has 0 bridgehead atoms. The van der Waals surface area contributed by atoms with E-state index in [2.05, 4.69) is 5.32 Å². The first-order valence-corrected chi connectivity index (χ1v) is 8.57. The lowest BCUT2D eigenvalue weighted by Crippen LogP contribution is -2.42. The summed E-state index contributed by atoms with van der Waals surface area (Å²) in [5, 5.41) is 2.62. The Hall–Kier alpha value is -1.81. The fraction of sp³-hybridized carbons (Fsp3) is 0.462. The van der Waals surface area contributed by atoms with Crippen LogP contribution in [0, 0.1) is 0 Å². The van der Waals surface area contributed by atoms with Gasteiger partial charge in [0.1, 0.15) is 6.04 Å². The molecule has 0 heterocycles. The van der Waals surface area contributed by atoms with Gasteiger partial charge in [-0.25, -0.2) is 8.42 Å². The summed E-state index contributed by atoms with van der Waals surface area (Å²) in [6, 6.07) is 3.29. The second-order valence-electron chi connectivity index (χ2n) is 4.94. The van der Waals surface area contributed by atoms with Crippen molar-refractivity contribution in [2.24, 2.45) is 5.73 Å². The highest BCUT2D eigenvalue weighted by atomic mass is 32.2. The molecule has 1 rings (SSSR count). The number of rotatable bonds is 7. The summed E-state index contributed by atoms with van der Waals surface area (Å²) >= 11 is 0. The third-order valence-electron chi connectivity index (χ3n) is 2.83. The van der Waals surface area contributed by atoms with E-state index in [1.165, 1.54) is 12.1 Å². The number of amides is 1. The van der Waals surface area contributed by atoms with Gasteiger partial charge >= 0.3 is 6.18 Å². The molecule has 0 saturated carbocycles. The van der Waals surface area contributed by atoms with E-state index in [0.29, 0.717) is 6.42 Å². The maximum Gasteiger partial charge on any atom is 0.416 e. The fourth-order valence-corrected chi connectivity index (χ4v) is 2.34. The zero-order chi connectivity index (χ0) is 17.7. The summed E-state index contributed by atoms with van der Waals surface area (Å²) in [5.74, 6) is -0.849. The van der Waals surface area contributed by atoms with E-state index in [1.54, 1.807) is 4.72 Å². The molecule has 0 aliphatic rings. The number of hydrogen-bond acceptors (Lipinski definition) is 5. The minimum absolute atomic E-state index is 0.0606. The molecule has 130 valence electrons. The van der Waals surface area contributed by atoms with Crippen LogP contribution < -0.4 is 15.8 Å². The number of nitrogens with one attached hydrogen (secondary N) is 2. The van der Waals surface area contributed by atoms with Gasteiger partial charge in [-0.3, -0.25) is 9.52 Å². The fourth-order valence-electron chi connectivity index (χ4n) is 1.83. The van der Waals surface area contributed by atoms with Crippen LogP contribution in [0.5, 0.6) is 0 Å². The predicted molar refractivity (Wildman–Crippen MR) is 80.1 cm³/mol. The molecule has 0 saturated heterocycles. The number of sulfonamides is 1. The van der Waals surface area contributed by atoms with Gasteiger partial charge in [-0.2, -0.15) is 13.2 Å². The zero-order valence-corrected chi connectivity index (χ0v) is 13.2. The van der Waals surface area contributed by atoms with Gasteiger partial charge in [-0.1, -0.05) is 6.07 Å². The van der Waals surface area contributed by atoms with E-state index in [1.807, 2.05) is 0 Å². The highest BCUT2D eigenvalue weighted by molar-refractivity contribution is 7.89. The topological polar surface area (TPSA) is 101 Å². The minimum Gasteiger partial charge on any atom is -0.374 e. The summed E-state index contributed by atoms with van der Waals surface area (Å²) in [6.45, 7) is 0.257. The number of nitrogens with two attached hydrogens (primary N) is 1. The van der Waals surface area contributed by atoms with Gasteiger partial charge in [0.25, 0.3) is 5.91 Å². The van der Waals surface area contributed by atoms with Crippen LogP contribution in [-0.2, 0) is 21.0 Å². The molecule has 1 aromatic rings. The van der Waals surface area contributed by atoms with Gasteiger partial charge in [0.2, 0.25) is 10.0 Å². The maximum atomic E-state index is 12.7. The number of carbonyl (C=O) groups excluding carboxylic acids is 1. The lowest BCUT2D eigenvalue weighted by molar-refractivity contribution is -0.137. The van der Waals surface area contributed by atoms with Crippen LogP contribution in [0.1, 0.15) is 18.4 Å². The normalized spacial score (nSPS) is 13.4. The maximum absolute atomic E-state index is 12.7. The molecule has 0 aliphatic carbocycles. The van der Waals surface area contributed by atoms with Gasteiger partial charge in [0.15, 0.2) is 0 Å². The van der Waals surface area contributed by atoms with Gasteiger partial charge in [0, 0.05) is 5.69 Å². The van der Waals surface area contributed by atoms with E-state index in [4.69, 9.17) is 5.73 Å². The average molecular weight is 353 g/mol. The summed E-state index contributed by atoms with van der Waals surface area (Å²) in [6.07, 6.45) is -3.13. The Morgan fingerprint density at radius 1 is 1.35 bits per heavy atom. The van der Waals surface area contributed by atoms with Crippen LogP contribution in [0.15, 0.2) is 24.3 Å². The first-order valence-electron chi connectivity index (χ1n) is 6.68. The summed E-state index contributed by atoms with van der Waals surface area (Å²) in [4.78, 5) is 11.9. The molecule has 1 atom stereocenters. The molecule has 1 aromatic carbocycles. The standard InChI is InChI=1S/C13H18F3N3O3S/c1-23(21,22)19-12(20)11(6-3-7-17)18-10-5-2-4-9(8-10)13(14,15)16/h2,4-5,8,11,18H,3,6-7,17H2,1H3,(H,19,20)/t11-/m0/s1. The Morgan fingerprint density at radius 3 is 2.52 bits per heavy atom. The third kappa shape index (κ3) is 6.87. The number of hydrogen-bond donors (Lipinski definition) is 3. The first-order chi connectivity index (χ1) is 10.5. The van der Waals surface area contributed by atoms with E-state index in [9.17, 15) is 26.4 Å². The molecule has 10 heteroatoms. The average Bonchev–Trinajstić information content (AvgIpc) is 2.40. The van der Waals surface area contributed by atoms with Gasteiger partial charge < -0.3 is 11.1 Å². The molecule has 0 fully saturated rings. The van der Waals surface area contributed by atoms with Crippen molar-refractivity contribution in [1.82, 2.24) is 4.72 Å². The molecule has 4 N–H and O–H groups in total. The smallest absolute Gasteiger partial charge is 0.374 e. The Balaban J connectivity index is 2.95. The second-order valence-corrected chi connectivity index (χ2v) is 6.69. The Kier molecular flexibility index (Phi) is 6.39. The quantitative estimate of drug-likeness (QED) is 0.686. The largest absolute Gasteiger partial charge is 0.416 e. The Morgan fingerprint density at radius 2 is 2.00 bits per heavy atom. The third-order valence-corrected chi connectivity index (χ3v) is 3.40.